The van der Waals surface area contributed by atoms with E-state index in [1.54, 1.807) is 6.07 Å². The molecule has 1 saturated heterocycles. The highest BCUT2D eigenvalue weighted by Crippen LogP contribution is 1.96. The number of ether oxygens (including phenoxy) is 1. The average molecular weight is 211 g/mol. The van der Waals surface area contributed by atoms with Gasteiger partial charge in [0.05, 0.1) is 19.8 Å². The third kappa shape index (κ3) is 2.77. The Morgan fingerprint density at radius 3 is 3.33 bits per heavy atom. The average Bonchev–Trinajstić information content (AvgIpc) is 2.80. The second-order valence-corrected chi connectivity index (χ2v) is 3.29. The molecule has 82 valence electrons. The number of hydrogen-bond acceptors (Lipinski definition) is 5. The van der Waals surface area contributed by atoms with Gasteiger partial charge in [-0.1, -0.05) is 5.16 Å². The first-order chi connectivity index (χ1) is 7.36. The molecule has 2 N–H and O–H groups in total. The molecule has 1 fully saturated rings. The number of carbonyl (C=O) groups excluding carboxylic acids is 1. The van der Waals surface area contributed by atoms with E-state index < -0.39 is 0 Å². The molecule has 0 bridgehead atoms. The van der Waals surface area contributed by atoms with Gasteiger partial charge in [0, 0.05) is 12.6 Å². The standard InChI is InChI=1S/C9H13N3O3/c13-9(8-6-14-4-2-10-8)11-5-7-1-3-15-12-7/h1,3,8,10H,2,4-6H2,(H,11,13). The largest absolute Gasteiger partial charge is 0.378 e. The fourth-order valence-corrected chi connectivity index (χ4v) is 1.36. The fraction of sp³-hybridized carbons (Fsp3) is 0.556. The second-order valence-electron chi connectivity index (χ2n) is 3.29. The molecule has 0 aromatic carbocycles. The molecule has 6 heteroatoms. The van der Waals surface area contributed by atoms with Crippen LogP contribution in [-0.2, 0) is 16.1 Å². The predicted octanol–water partition coefficient (Wildman–Crippen LogP) is -0.721. The molecule has 1 amide bonds. The van der Waals surface area contributed by atoms with E-state index in [4.69, 9.17) is 4.74 Å². The van der Waals surface area contributed by atoms with Crippen molar-refractivity contribution < 1.29 is 14.1 Å². The van der Waals surface area contributed by atoms with Crippen molar-refractivity contribution in [3.63, 3.8) is 0 Å². The molecule has 15 heavy (non-hydrogen) atoms. The van der Waals surface area contributed by atoms with E-state index in [1.807, 2.05) is 0 Å². The van der Waals surface area contributed by atoms with Gasteiger partial charge in [-0.2, -0.15) is 0 Å². The smallest absolute Gasteiger partial charge is 0.239 e. The Morgan fingerprint density at radius 1 is 1.73 bits per heavy atom. The lowest BCUT2D eigenvalue weighted by Gasteiger charge is -2.22. The predicted molar refractivity (Wildman–Crippen MR) is 51.0 cm³/mol. The van der Waals surface area contributed by atoms with Crippen LogP contribution in [0.4, 0.5) is 0 Å². The fourth-order valence-electron chi connectivity index (χ4n) is 1.36. The Hall–Kier alpha value is -1.40. The van der Waals surface area contributed by atoms with Crippen molar-refractivity contribution in [2.45, 2.75) is 12.6 Å². The van der Waals surface area contributed by atoms with Gasteiger partial charge >= 0.3 is 0 Å². The van der Waals surface area contributed by atoms with Crippen LogP contribution >= 0.6 is 0 Å². The molecule has 2 heterocycles. The van der Waals surface area contributed by atoms with Crippen LogP contribution < -0.4 is 10.6 Å². The molecular formula is C9H13N3O3. The summed E-state index contributed by atoms with van der Waals surface area (Å²) in [5.41, 5.74) is 0.708. The van der Waals surface area contributed by atoms with Gasteiger partial charge in [-0.15, -0.1) is 0 Å². The zero-order valence-corrected chi connectivity index (χ0v) is 8.23. The van der Waals surface area contributed by atoms with Crippen LogP contribution in [0.15, 0.2) is 16.9 Å². The van der Waals surface area contributed by atoms with Gasteiger partial charge in [-0.25, -0.2) is 0 Å². The summed E-state index contributed by atoms with van der Waals surface area (Å²) in [5, 5.41) is 9.51. The molecule has 1 atom stereocenters. The Kier molecular flexibility index (Phi) is 3.31. The topological polar surface area (TPSA) is 76.4 Å². The number of aromatic nitrogens is 1. The summed E-state index contributed by atoms with van der Waals surface area (Å²) in [6.45, 7) is 2.17. The highest BCUT2D eigenvalue weighted by molar-refractivity contribution is 5.81. The zero-order valence-electron chi connectivity index (χ0n) is 8.23. The van der Waals surface area contributed by atoms with Gasteiger partial charge in [0.2, 0.25) is 5.91 Å². The molecule has 0 aliphatic carbocycles. The monoisotopic (exact) mass is 211 g/mol. The summed E-state index contributed by atoms with van der Waals surface area (Å²) >= 11 is 0. The molecule has 1 unspecified atom stereocenters. The Labute approximate surface area is 87.0 Å². The third-order valence-electron chi connectivity index (χ3n) is 2.17. The maximum atomic E-state index is 11.6. The highest BCUT2D eigenvalue weighted by Gasteiger charge is 2.20. The van der Waals surface area contributed by atoms with Crippen LogP contribution in [0.25, 0.3) is 0 Å². The van der Waals surface area contributed by atoms with Gasteiger partial charge < -0.3 is 19.9 Å². The lowest BCUT2D eigenvalue weighted by molar-refractivity contribution is -0.126. The SMILES string of the molecule is O=C(NCc1ccon1)C1COCCN1. The van der Waals surface area contributed by atoms with Crippen LogP contribution in [-0.4, -0.2) is 36.9 Å². The lowest BCUT2D eigenvalue weighted by Crippen LogP contribution is -2.51. The summed E-state index contributed by atoms with van der Waals surface area (Å²) in [6.07, 6.45) is 1.48. The van der Waals surface area contributed by atoms with Crippen molar-refractivity contribution >= 4 is 5.91 Å². The maximum absolute atomic E-state index is 11.6. The number of amides is 1. The van der Waals surface area contributed by atoms with Crippen LogP contribution in [0.1, 0.15) is 5.69 Å². The van der Waals surface area contributed by atoms with Crippen LogP contribution in [0.3, 0.4) is 0 Å². The second kappa shape index (κ2) is 4.90. The highest BCUT2D eigenvalue weighted by atomic mass is 16.5. The number of nitrogens with one attached hydrogen (secondary N) is 2. The van der Waals surface area contributed by atoms with E-state index in [-0.39, 0.29) is 11.9 Å². The molecule has 1 aromatic heterocycles. The minimum absolute atomic E-state index is 0.0716. The van der Waals surface area contributed by atoms with E-state index in [9.17, 15) is 4.79 Å². The minimum Gasteiger partial charge on any atom is -0.378 e. The molecule has 0 spiro atoms. The molecule has 1 aliphatic rings. The van der Waals surface area contributed by atoms with E-state index in [0.29, 0.717) is 32.0 Å². The molecule has 1 aliphatic heterocycles. The Balaban J connectivity index is 1.76. The van der Waals surface area contributed by atoms with Gasteiger partial charge in [0.25, 0.3) is 0 Å². The first-order valence-corrected chi connectivity index (χ1v) is 4.84. The molecule has 6 nitrogen and oxygen atoms in total. The molecule has 0 saturated carbocycles. The molecule has 0 radical (unpaired) electrons. The van der Waals surface area contributed by atoms with E-state index in [0.717, 1.165) is 0 Å². The van der Waals surface area contributed by atoms with E-state index in [1.165, 1.54) is 6.26 Å². The van der Waals surface area contributed by atoms with Crippen LogP contribution in [0.2, 0.25) is 0 Å². The van der Waals surface area contributed by atoms with Crippen LogP contribution in [0.5, 0.6) is 0 Å². The number of morpholine rings is 1. The first kappa shape index (κ1) is 10.1. The minimum atomic E-state index is -0.259. The Morgan fingerprint density at radius 2 is 2.67 bits per heavy atom. The summed E-state index contributed by atoms with van der Waals surface area (Å²) < 4.78 is 9.83. The van der Waals surface area contributed by atoms with Gasteiger partial charge in [0.15, 0.2) is 0 Å². The van der Waals surface area contributed by atoms with Crippen molar-refractivity contribution in [2.24, 2.45) is 0 Å². The number of carbonyl (C=O) groups is 1. The summed E-state index contributed by atoms with van der Waals surface area (Å²) in [7, 11) is 0. The number of rotatable bonds is 3. The maximum Gasteiger partial charge on any atom is 0.239 e. The summed E-state index contributed by atoms with van der Waals surface area (Å²) in [4.78, 5) is 11.6. The van der Waals surface area contributed by atoms with Crippen molar-refractivity contribution in [1.82, 2.24) is 15.8 Å². The normalized spacial score (nSPS) is 21.2. The van der Waals surface area contributed by atoms with Gasteiger partial charge in [0.1, 0.15) is 18.0 Å². The van der Waals surface area contributed by atoms with Crippen molar-refractivity contribution in [3.8, 4) is 0 Å². The lowest BCUT2D eigenvalue weighted by atomic mass is 10.2. The molecule has 1 aromatic rings. The van der Waals surface area contributed by atoms with Crippen molar-refractivity contribution in [1.29, 1.82) is 0 Å². The zero-order chi connectivity index (χ0) is 10.5. The third-order valence-corrected chi connectivity index (χ3v) is 2.17. The van der Waals surface area contributed by atoms with Crippen LogP contribution in [0, 0.1) is 0 Å². The van der Waals surface area contributed by atoms with Crippen molar-refractivity contribution in [2.75, 3.05) is 19.8 Å². The van der Waals surface area contributed by atoms with Gasteiger partial charge in [-0.05, 0) is 0 Å². The molecular weight excluding hydrogens is 198 g/mol. The van der Waals surface area contributed by atoms with E-state index in [2.05, 4.69) is 20.3 Å². The first-order valence-electron chi connectivity index (χ1n) is 4.84. The summed E-state index contributed by atoms with van der Waals surface area (Å²) in [5.74, 6) is -0.0716. The summed E-state index contributed by atoms with van der Waals surface area (Å²) in [6, 6.07) is 1.45. The quantitative estimate of drug-likeness (QED) is 0.690. The number of nitrogens with zero attached hydrogens (tertiary/aromatic N) is 1. The van der Waals surface area contributed by atoms with Gasteiger partial charge in [-0.3, -0.25) is 4.79 Å². The van der Waals surface area contributed by atoms with Crippen molar-refractivity contribution in [3.05, 3.63) is 18.0 Å². The number of hydrogen-bond donors (Lipinski definition) is 2. The van der Waals surface area contributed by atoms with E-state index >= 15 is 0 Å². The Bertz CT molecular complexity index is 306. The molecule has 2 rings (SSSR count).